The van der Waals surface area contributed by atoms with E-state index in [-0.39, 0.29) is 11.9 Å². The summed E-state index contributed by atoms with van der Waals surface area (Å²) >= 11 is 3.42. The van der Waals surface area contributed by atoms with Crippen molar-refractivity contribution in [1.29, 1.82) is 0 Å². The molecule has 0 spiro atoms. The molecule has 116 valence electrons. The van der Waals surface area contributed by atoms with E-state index in [1.165, 1.54) is 0 Å². The van der Waals surface area contributed by atoms with E-state index in [4.69, 9.17) is 15.2 Å². The lowest BCUT2D eigenvalue weighted by Gasteiger charge is -2.29. The number of carbonyl (C=O) groups excluding carboxylic acids is 1. The van der Waals surface area contributed by atoms with Crippen molar-refractivity contribution in [2.45, 2.75) is 26.0 Å². The molecular weight excluding hydrogens is 336 g/mol. The van der Waals surface area contributed by atoms with Crippen LogP contribution < -0.4 is 10.5 Å². The maximum atomic E-state index is 12.4. The molecule has 0 bridgehead atoms. The molecule has 2 unspecified atom stereocenters. The van der Waals surface area contributed by atoms with Gasteiger partial charge in [-0.2, -0.15) is 0 Å². The minimum absolute atomic E-state index is 0.0195. The molecule has 2 atom stereocenters. The van der Waals surface area contributed by atoms with Crippen molar-refractivity contribution in [2.75, 3.05) is 26.3 Å². The third kappa shape index (κ3) is 4.18. The van der Waals surface area contributed by atoms with Crippen molar-refractivity contribution in [2.24, 2.45) is 5.73 Å². The van der Waals surface area contributed by atoms with Crippen molar-refractivity contribution in [3.8, 4) is 5.75 Å². The summed E-state index contributed by atoms with van der Waals surface area (Å²) in [7, 11) is 0. The molecule has 0 radical (unpaired) electrons. The number of hydrogen-bond acceptors (Lipinski definition) is 4. The first-order valence-corrected chi connectivity index (χ1v) is 7.86. The molecule has 6 heteroatoms. The van der Waals surface area contributed by atoms with E-state index in [0.29, 0.717) is 32.1 Å². The van der Waals surface area contributed by atoms with Gasteiger partial charge in [0.05, 0.1) is 13.2 Å². The minimum Gasteiger partial charge on any atom is -0.481 e. The highest BCUT2D eigenvalue weighted by atomic mass is 79.9. The Kier molecular flexibility index (Phi) is 5.61. The highest BCUT2D eigenvalue weighted by molar-refractivity contribution is 9.10. The average Bonchev–Trinajstić information content (AvgIpc) is 2.47. The number of morpholine rings is 1. The van der Waals surface area contributed by atoms with E-state index in [1.807, 2.05) is 25.1 Å². The van der Waals surface area contributed by atoms with Crippen molar-refractivity contribution in [3.63, 3.8) is 0 Å². The van der Waals surface area contributed by atoms with E-state index >= 15 is 0 Å². The van der Waals surface area contributed by atoms with Crippen LogP contribution >= 0.6 is 15.9 Å². The molecule has 1 aliphatic rings. The molecule has 1 heterocycles. The average molecular weight is 357 g/mol. The van der Waals surface area contributed by atoms with Gasteiger partial charge in [-0.3, -0.25) is 4.79 Å². The van der Waals surface area contributed by atoms with Gasteiger partial charge in [-0.25, -0.2) is 0 Å². The molecule has 0 aromatic heterocycles. The van der Waals surface area contributed by atoms with Crippen LogP contribution in [-0.2, 0) is 9.53 Å². The van der Waals surface area contributed by atoms with Gasteiger partial charge in [-0.05, 0) is 26.0 Å². The monoisotopic (exact) mass is 356 g/mol. The van der Waals surface area contributed by atoms with Gasteiger partial charge >= 0.3 is 0 Å². The van der Waals surface area contributed by atoms with Crippen LogP contribution in [0.1, 0.15) is 25.5 Å². The first kappa shape index (κ1) is 16.3. The van der Waals surface area contributed by atoms with Crippen LogP contribution in [-0.4, -0.2) is 43.2 Å². The minimum atomic E-state index is -0.546. The zero-order chi connectivity index (χ0) is 15.4. The first-order chi connectivity index (χ1) is 9.99. The summed E-state index contributed by atoms with van der Waals surface area (Å²) in [6.45, 7) is 6.06. The molecule has 2 N–H and O–H groups in total. The second kappa shape index (κ2) is 7.24. The number of nitrogens with two attached hydrogens (primary N) is 1. The summed E-state index contributed by atoms with van der Waals surface area (Å²) in [5.41, 5.74) is 6.84. The zero-order valence-electron chi connectivity index (χ0n) is 12.3. The third-order valence-corrected chi connectivity index (χ3v) is 3.93. The number of carbonyl (C=O) groups is 1. The summed E-state index contributed by atoms with van der Waals surface area (Å²) in [5.74, 6) is 0.627. The van der Waals surface area contributed by atoms with Crippen molar-refractivity contribution in [1.82, 2.24) is 4.90 Å². The van der Waals surface area contributed by atoms with E-state index in [1.54, 1.807) is 11.8 Å². The second-order valence-corrected chi connectivity index (χ2v) is 6.08. The first-order valence-electron chi connectivity index (χ1n) is 7.07. The number of halogens is 1. The Labute approximate surface area is 133 Å². The molecule has 5 nitrogen and oxygen atoms in total. The lowest BCUT2D eigenvalue weighted by Crippen LogP contribution is -2.46. The van der Waals surface area contributed by atoms with Crippen molar-refractivity contribution < 1.29 is 14.3 Å². The van der Waals surface area contributed by atoms with Gasteiger partial charge in [0.15, 0.2) is 6.10 Å². The molecule has 1 aromatic carbocycles. The molecular formula is C15H21BrN2O3. The summed E-state index contributed by atoms with van der Waals surface area (Å²) in [5, 5.41) is 0. The van der Waals surface area contributed by atoms with Gasteiger partial charge in [0.2, 0.25) is 0 Å². The summed E-state index contributed by atoms with van der Waals surface area (Å²) < 4.78 is 12.0. The van der Waals surface area contributed by atoms with Crippen LogP contribution in [0.25, 0.3) is 0 Å². The predicted molar refractivity (Wildman–Crippen MR) is 84.2 cm³/mol. The molecule has 1 amide bonds. The van der Waals surface area contributed by atoms with E-state index in [2.05, 4.69) is 15.9 Å². The highest BCUT2D eigenvalue weighted by Gasteiger charge is 2.24. The van der Waals surface area contributed by atoms with Crippen LogP contribution in [0, 0.1) is 0 Å². The highest BCUT2D eigenvalue weighted by Crippen LogP contribution is 2.28. The Balaban J connectivity index is 2.09. The number of benzene rings is 1. The lowest BCUT2D eigenvalue weighted by molar-refractivity contribution is -0.142. The fourth-order valence-electron chi connectivity index (χ4n) is 2.27. The third-order valence-electron chi connectivity index (χ3n) is 3.44. The van der Waals surface area contributed by atoms with Gasteiger partial charge in [0.1, 0.15) is 5.75 Å². The van der Waals surface area contributed by atoms with Crippen LogP contribution in [0.5, 0.6) is 5.75 Å². The second-order valence-electron chi connectivity index (χ2n) is 5.17. The maximum Gasteiger partial charge on any atom is 0.263 e. The molecule has 1 saturated heterocycles. The van der Waals surface area contributed by atoms with E-state index < -0.39 is 6.10 Å². The largest absolute Gasteiger partial charge is 0.481 e. The summed E-state index contributed by atoms with van der Waals surface area (Å²) in [6.07, 6.45) is -0.546. The standard InChI is InChI=1S/C15H21BrN2O3/c1-10(17)13-4-3-12(16)9-14(13)21-11(2)15(19)18-5-7-20-8-6-18/h3-4,9-11H,5-8,17H2,1-2H3. The smallest absolute Gasteiger partial charge is 0.263 e. The SMILES string of the molecule is CC(Oc1cc(Br)ccc1C(C)N)C(=O)N1CCOCC1. The van der Waals surface area contributed by atoms with E-state index in [9.17, 15) is 4.79 Å². The van der Waals surface area contributed by atoms with Crippen molar-refractivity contribution in [3.05, 3.63) is 28.2 Å². The summed E-state index contributed by atoms with van der Waals surface area (Å²) in [6, 6.07) is 5.52. The molecule has 1 aromatic rings. The Hall–Kier alpha value is -1.11. The Bertz CT molecular complexity index is 502. The number of rotatable bonds is 4. The van der Waals surface area contributed by atoms with Crippen LogP contribution in [0.15, 0.2) is 22.7 Å². The Morgan fingerprint density at radius 1 is 1.38 bits per heavy atom. The molecule has 0 aliphatic carbocycles. The Morgan fingerprint density at radius 3 is 2.67 bits per heavy atom. The van der Waals surface area contributed by atoms with Crippen LogP contribution in [0.2, 0.25) is 0 Å². The van der Waals surface area contributed by atoms with Crippen LogP contribution in [0.3, 0.4) is 0 Å². The van der Waals surface area contributed by atoms with Gasteiger partial charge in [-0.15, -0.1) is 0 Å². The lowest BCUT2D eigenvalue weighted by atomic mass is 10.1. The van der Waals surface area contributed by atoms with Gasteiger partial charge in [0, 0.05) is 29.2 Å². The number of nitrogens with zero attached hydrogens (tertiary/aromatic N) is 1. The quantitative estimate of drug-likeness (QED) is 0.896. The fraction of sp³-hybridized carbons (Fsp3) is 0.533. The Morgan fingerprint density at radius 2 is 2.05 bits per heavy atom. The van der Waals surface area contributed by atoms with Crippen LogP contribution in [0.4, 0.5) is 0 Å². The van der Waals surface area contributed by atoms with E-state index in [0.717, 1.165) is 10.0 Å². The predicted octanol–water partition coefficient (Wildman–Crippen LogP) is 2.09. The molecule has 2 rings (SSSR count). The molecule has 1 fully saturated rings. The maximum absolute atomic E-state index is 12.4. The number of amides is 1. The normalized spacial score (nSPS) is 18.2. The fourth-order valence-corrected chi connectivity index (χ4v) is 2.61. The van der Waals surface area contributed by atoms with Gasteiger partial charge in [0.25, 0.3) is 5.91 Å². The number of ether oxygens (including phenoxy) is 2. The topological polar surface area (TPSA) is 64.8 Å². The zero-order valence-corrected chi connectivity index (χ0v) is 13.9. The number of hydrogen-bond donors (Lipinski definition) is 1. The molecule has 1 aliphatic heterocycles. The van der Waals surface area contributed by atoms with Gasteiger partial charge < -0.3 is 20.1 Å². The van der Waals surface area contributed by atoms with Gasteiger partial charge in [-0.1, -0.05) is 22.0 Å². The molecule has 21 heavy (non-hydrogen) atoms. The summed E-state index contributed by atoms with van der Waals surface area (Å²) in [4.78, 5) is 14.1. The molecule has 0 saturated carbocycles. The van der Waals surface area contributed by atoms with Crippen molar-refractivity contribution >= 4 is 21.8 Å².